The van der Waals surface area contributed by atoms with Crippen LogP contribution in [0, 0.1) is 23.6 Å². The number of sulfonamides is 1. The molecule has 4 amide bonds. The average molecular weight is 939 g/mol. The number of amides is 4. The molecule has 1 aromatic heterocycles. The van der Waals surface area contributed by atoms with Crippen LogP contribution < -0.4 is 29.7 Å². The molecule has 0 unspecified atom stereocenters. The number of nitrogens with zero attached hydrogens (tertiary/aromatic N) is 3. The minimum Gasteiger partial charge on any atom is -0.494 e. The van der Waals surface area contributed by atoms with Crippen LogP contribution in [0.15, 0.2) is 30.5 Å². The monoisotopic (exact) mass is 938 g/mol. The first kappa shape index (κ1) is 48.0. The van der Waals surface area contributed by atoms with Crippen molar-refractivity contribution in [1.82, 2.24) is 25.2 Å². The summed E-state index contributed by atoms with van der Waals surface area (Å²) < 4.78 is 107. The molecule has 16 nitrogen and oxygen atoms in total. The molecule has 358 valence electrons. The quantitative estimate of drug-likeness (QED) is 0.207. The molecule has 0 radical (unpaired) electrons. The summed E-state index contributed by atoms with van der Waals surface area (Å²) in [7, 11) is -2.79. The number of alkyl halides is 3. The number of nitrogens with one attached hydrogen (secondary N) is 3. The third-order valence-electron chi connectivity index (χ3n) is 13.6. The zero-order valence-electron chi connectivity index (χ0n) is 37.4. The van der Waals surface area contributed by atoms with Gasteiger partial charge < -0.3 is 39.4 Å². The Morgan fingerprint density at radius 2 is 1.80 bits per heavy atom. The van der Waals surface area contributed by atoms with Crippen molar-refractivity contribution < 1.29 is 64.1 Å². The van der Waals surface area contributed by atoms with Gasteiger partial charge in [-0.05, 0) is 83.3 Å². The summed E-state index contributed by atoms with van der Waals surface area (Å²) in [6.45, 7) is 8.25. The number of alkyl carbamates (subject to hydrolysis) is 1. The van der Waals surface area contributed by atoms with E-state index in [1.165, 1.54) is 26.2 Å². The number of halogens is 4. The first-order chi connectivity index (χ1) is 30.5. The lowest BCUT2D eigenvalue weighted by atomic mass is 9.85. The number of hydrogen-bond acceptors (Lipinski definition) is 12. The van der Waals surface area contributed by atoms with Crippen LogP contribution in [0.3, 0.4) is 0 Å². The fourth-order valence-corrected chi connectivity index (χ4v) is 10.2. The van der Waals surface area contributed by atoms with Gasteiger partial charge in [0.15, 0.2) is 11.6 Å². The van der Waals surface area contributed by atoms with Crippen molar-refractivity contribution in [1.29, 1.82) is 0 Å². The molecule has 21 heteroatoms. The van der Waals surface area contributed by atoms with E-state index in [0.717, 1.165) is 4.90 Å². The summed E-state index contributed by atoms with van der Waals surface area (Å²) in [4.78, 5) is 65.0. The largest absolute Gasteiger partial charge is 0.494 e. The van der Waals surface area contributed by atoms with Crippen molar-refractivity contribution in [2.45, 2.75) is 126 Å². The van der Waals surface area contributed by atoms with Gasteiger partial charge in [0.25, 0.3) is 5.91 Å². The third-order valence-corrected chi connectivity index (χ3v) is 15.8. The molecule has 0 spiro atoms. The average Bonchev–Trinajstić information content (AvgIpc) is 4.13. The van der Waals surface area contributed by atoms with Gasteiger partial charge in [0.2, 0.25) is 33.3 Å². The predicted molar refractivity (Wildman–Crippen MR) is 229 cm³/mol. The number of ether oxygens (including phenoxy) is 4. The molecule has 3 aliphatic heterocycles. The van der Waals surface area contributed by atoms with Crippen LogP contribution in [0.1, 0.15) is 86.0 Å². The normalized spacial score (nSPS) is 29.0. The van der Waals surface area contributed by atoms with Gasteiger partial charge in [-0.3, -0.25) is 19.1 Å². The Hall–Kier alpha value is -4.92. The van der Waals surface area contributed by atoms with Gasteiger partial charge in [-0.2, -0.15) is 13.2 Å². The van der Waals surface area contributed by atoms with Gasteiger partial charge >= 0.3 is 12.3 Å². The van der Waals surface area contributed by atoms with E-state index in [1.807, 2.05) is 17.9 Å². The number of benzene rings is 1. The lowest BCUT2D eigenvalue weighted by Crippen LogP contribution is -2.60. The van der Waals surface area contributed by atoms with E-state index >= 15 is 9.18 Å². The van der Waals surface area contributed by atoms with E-state index in [4.69, 9.17) is 18.9 Å². The molecule has 2 aliphatic carbocycles. The summed E-state index contributed by atoms with van der Waals surface area (Å²) in [5, 5.41) is 6.01. The number of allylic oxidation sites excluding steroid dienone is 1. The third kappa shape index (κ3) is 9.81. The van der Waals surface area contributed by atoms with Crippen LogP contribution in [-0.2, 0) is 33.9 Å². The van der Waals surface area contributed by atoms with Crippen molar-refractivity contribution in [3.8, 4) is 11.6 Å². The molecule has 7 atom stereocenters. The zero-order valence-corrected chi connectivity index (χ0v) is 38.2. The molecular formula is C44H58F4N6O10S. The minimum atomic E-state index is -4.95. The highest BCUT2D eigenvalue weighted by Gasteiger charge is 2.63. The van der Waals surface area contributed by atoms with Crippen molar-refractivity contribution >= 4 is 50.3 Å². The molecule has 0 bridgehead atoms. The Balaban J connectivity index is 1.26. The Labute approximate surface area is 375 Å². The number of carbonyl (C=O) groups is 4. The van der Waals surface area contributed by atoms with Crippen LogP contribution in [0.5, 0.6) is 11.6 Å². The molecule has 2 saturated carbocycles. The first-order valence-electron chi connectivity index (χ1n) is 22.1. The van der Waals surface area contributed by atoms with Crippen LogP contribution in [0.2, 0.25) is 0 Å². The van der Waals surface area contributed by atoms with Crippen molar-refractivity contribution in [2.24, 2.45) is 17.8 Å². The molecule has 2 aromatic rings. The molecular weight excluding hydrogens is 881 g/mol. The molecule has 4 fully saturated rings. The number of rotatable bonds is 10. The fraction of sp³-hybridized carbons (Fsp3) is 0.659. The van der Waals surface area contributed by atoms with Crippen LogP contribution in [0.4, 0.5) is 28.0 Å². The number of fused-ring (bicyclic) bond motifs is 3. The van der Waals surface area contributed by atoms with Crippen LogP contribution in [0.25, 0.3) is 10.8 Å². The van der Waals surface area contributed by atoms with E-state index in [2.05, 4.69) is 20.3 Å². The highest BCUT2D eigenvalue weighted by molar-refractivity contribution is 7.91. The predicted octanol–water partition coefficient (Wildman–Crippen LogP) is 5.28. The summed E-state index contributed by atoms with van der Waals surface area (Å²) in [6, 6.07) is -0.164. The van der Waals surface area contributed by atoms with Crippen molar-refractivity contribution in [2.75, 3.05) is 44.9 Å². The number of aromatic nitrogens is 1. The Morgan fingerprint density at radius 3 is 2.45 bits per heavy atom. The topological polar surface area (TPSA) is 195 Å². The highest BCUT2D eigenvalue weighted by atomic mass is 32.2. The van der Waals surface area contributed by atoms with Gasteiger partial charge in [0.1, 0.15) is 23.7 Å². The number of anilines is 1. The molecule has 1 aromatic carbocycles. The number of methoxy groups -OCH3 is 1. The molecule has 4 heterocycles. The van der Waals surface area contributed by atoms with Crippen molar-refractivity contribution in [3.05, 3.63) is 36.3 Å². The van der Waals surface area contributed by atoms with Gasteiger partial charge in [0, 0.05) is 36.2 Å². The lowest BCUT2D eigenvalue weighted by Gasteiger charge is -2.35. The Kier molecular flexibility index (Phi) is 13.3. The molecule has 7 rings (SSSR count). The van der Waals surface area contributed by atoms with Crippen LogP contribution >= 0.6 is 0 Å². The molecule has 2 saturated heterocycles. The summed E-state index contributed by atoms with van der Waals surface area (Å²) in [5.41, 5.74) is -3.97. The maximum Gasteiger partial charge on any atom is 0.427 e. The second-order valence-electron chi connectivity index (χ2n) is 18.8. The molecule has 5 aliphatic rings. The first-order valence-corrected chi connectivity index (χ1v) is 23.6. The number of morpholine rings is 1. The maximum absolute atomic E-state index is 15.4. The molecule has 65 heavy (non-hydrogen) atoms. The van der Waals surface area contributed by atoms with E-state index in [9.17, 15) is 36.0 Å². The van der Waals surface area contributed by atoms with Gasteiger partial charge in [-0.1, -0.05) is 32.4 Å². The second-order valence-corrected chi connectivity index (χ2v) is 20.9. The zero-order chi connectivity index (χ0) is 47.3. The summed E-state index contributed by atoms with van der Waals surface area (Å²) in [6.07, 6.45) is 0.0182. The summed E-state index contributed by atoms with van der Waals surface area (Å²) in [5.74, 6) is -4.67. The van der Waals surface area contributed by atoms with Crippen molar-refractivity contribution in [3.63, 3.8) is 0 Å². The highest BCUT2D eigenvalue weighted by Crippen LogP contribution is 2.48. The standard InChI is InChI=1S/C44H58F4N6O10S/c1-7-26-18-25(2)10-8-9-11-27-22-43(27,39(57)52-65(59,60)42(5)12-13-42)51-36(55)32-19-28(24-54(32)38(56)35(26)50-40(58)64-41(3,4)44(46,47)48)63-37-30-20-31(45)34(61-6)21-29(30)33(23-49-37)53-14-16-62-17-15-53/h9,11,20-21,23,25-28,32,35H,7-8,10,12-19,22,24H2,1-6H3,(H,50,58)(H,51,55)(H,52,57)/b11-9+/t25-,26+,27+,28+,32-,35-,43+/m0/s1. The van der Waals surface area contributed by atoms with E-state index in [1.54, 1.807) is 19.2 Å². The SMILES string of the molecule is CC[C@@H]1C[C@@H](C)CC/C=C/[C@@H]2C[C@@]2(C(=O)NS(=O)(=O)C2(C)CC2)NC(=O)[C@@H]2C[C@@H](Oc3ncc(N4CCOCC4)c4cc(OC)c(F)cc34)CN2C(=O)[C@H]1NC(=O)OC(C)(C)C(F)(F)F. The smallest absolute Gasteiger partial charge is 0.427 e. The van der Waals surface area contributed by atoms with E-state index < -0.39 is 91.7 Å². The minimum absolute atomic E-state index is 0.0288. The lowest BCUT2D eigenvalue weighted by molar-refractivity contribution is -0.244. The maximum atomic E-state index is 15.4. The Morgan fingerprint density at radius 1 is 1.09 bits per heavy atom. The van der Waals surface area contributed by atoms with Gasteiger partial charge in [0.05, 0.1) is 43.5 Å². The van der Waals surface area contributed by atoms with Crippen LogP contribution in [-0.4, -0.2) is 122 Å². The van der Waals surface area contributed by atoms with E-state index in [0.29, 0.717) is 89.7 Å². The Bertz CT molecular complexity index is 2320. The molecule has 3 N–H and O–H groups in total. The fourth-order valence-electron chi connectivity index (χ4n) is 8.93. The second kappa shape index (κ2) is 18.0. The van der Waals surface area contributed by atoms with E-state index in [-0.39, 0.29) is 42.3 Å². The number of carbonyl (C=O) groups excluding carboxylic acids is 4. The van der Waals surface area contributed by atoms with Gasteiger partial charge in [-0.25, -0.2) is 22.6 Å². The van der Waals surface area contributed by atoms with Gasteiger partial charge in [-0.15, -0.1) is 0 Å². The number of pyridine rings is 1. The number of hydrogen-bond donors (Lipinski definition) is 3. The summed E-state index contributed by atoms with van der Waals surface area (Å²) >= 11 is 0.